The number of nitrogens with one attached hydrogen (secondary N) is 1. The molecule has 0 atom stereocenters. The van der Waals surface area contributed by atoms with Crippen molar-refractivity contribution in [1.82, 2.24) is 4.98 Å². The highest BCUT2D eigenvalue weighted by Gasteiger charge is 2.21. The number of ether oxygens (including phenoxy) is 1. The van der Waals surface area contributed by atoms with Gasteiger partial charge in [0.25, 0.3) is 0 Å². The summed E-state index contributed by atoms with van der Waals surface area (Å²) in [6, 6.07) is 0. The van der Waals surface area contributed by atoms with Crippen molar-refractivity contribution >= 4 is 49.6 Å². The standard InChI is InChI=1S/C18H22Br2N2O2/c1-5-12-10(2)15(22-18(12)20)8-14-11(3)13(16(9-19)21-14)6-7-17(23)24-4/h8,22H,5-7,9H2,1-4H3/b14-8-. The minimum atomic E-state index is -0.196. The Balaban J connectivity index is 2.35. The predicted octanol–water partition coefficient (Wildman–Crippen LogP) is 5.11. The molecule has 1 aliphatic heterocycles. The molecule has 6 heteroatoms. The van der Waals surface area contributed by atoms with Gasteiger partial charge in [-0.15, -0.1) is 0 Å². The van der Waals surface area contributed by atoms with Crippen molar-refractivity contribution in [2.45, 2.75) is 40.0 Å². The van der Waals surface area contributed by atoms with Crippen LogP contribution in [-0.2, 0) is 16.0 Å². The van der Waals surface area contributed by atoms with E-state index in [0.717, 1.165) is 39.3 Å². The van der Waals surface area contributed by atoms with Gasteiger partial charge in [0.1, 0.15) is 0 Å². The first kappa shape index (κ1) is 19.2. The number of esters is 1. The topological polar surface area (TPSA) is 54.5 Å². The summed E-state index contributed by atoms with van der Waals surface area (Å²) in [5.41, 5.74) is 7.78. The summed E-state index contributed by atoms with van der Waals surface area (Å²) in [4.78, 5) is 19.6. The fourth-order valence-corrected chi connectivity index (χ4v) is 4.15. The van der Waals surface area contributed by atoms with E-state index in [0.29, 0.717) is 18.2 Å². The summed E-state index contributed by atoms with van der Waals surface area (Å²) in [5.74, 6) is -0.196. The summed E-state index contributed by atoms with van der Waals surface area (Å²) in [5, 5.41) is 0.672. The van der Waals surface area contributed by atoms with E-state index in [-0.39, 0.29) is 5.97 Å². The molecule has 0 spiro atoms. The third-order valence-electron chi connectivity index (χ3n) is 4.37. The number of carbonyl (C=O) groups excluding carboxylic acids is 1. The fourth-order valence-electron chi connectivity index (χ4n) is 2.90. The number of hydrogen-bond donors (Lipinski definition) is 1. The number of halogens is 2. The molecule has 130 valence electrons. The second kappa shape index (κ2) is 8.30. The van der Waals surface area contributed by atoms with Crippen LogP contribution in [0.2, 0.25) is 0 Å². The molecular weight excluding hydrogens is 436 g/mol. The van der Waals surface area contributed by atoms with Gasteiger partial charge in [-0.2, -0.15) is 0 Å². The quantitative estimate of drug-likeness (QED) is 0.476. The molecule has 24 heavy (non-hydrogen) atoms. The first-order valence-corrected chi connectivity index (χ1v) is 9.83. The molecule has 0 saturated carbocycles. The van der Waals surface area contributed by atoms with Crippen LogP contribution in [-0.4, -0.2) is 29.1 Å². The first-order chi connectivity index (χ1) is 11.4. The summed E-state index contributed by atoms with van der Waals surface area (Å²) >= 11 is 7.09. The lowest BCUT2D eigenvalue weighted by molar-refractivity contribution is -0.140. The number of aliphatic imine (C=N–C) groups is 1. The molecule has 0 fully saturated rings. The zero-order valence-corrected chi connectivity index (χ0v) is 17.6. The highest BCUT2D eigenvalue weighted by molar-refractivity contribution is 9.10. The van der Waals surface area contributed by atoms with Gasteiger partial charge >= 0.3 is 5.97 Å². The molecule has 4 nitrogen and oxygen atoms in total. The van der Waals surface area contributed by atoms with Crippen LogP contribution in [0.5, 0.6) is 0 Å². The van der Waals surface area contributed by atoms with Crippen LogP contribution in [0.25, 0.3) is 6.08 Å². The van der Waals surface area contributed by atoms with E-state index in [1.165, 1.54) is 18.2 Å². The molecule has 0 amide bonds. The Morgan fingerprint density at radius 1 is 1.38 bits per heavy atom. The molecule has 0 unspecified atom stereocenters. The molecule has 2 rings (SSSR count). The SMILES string of the molecule is CCc1c(Br)[nH]c(/C=C2\N=C(CBr)C(CCC(=O)OC)=C2C)c1C. The van der Waals surface area contributed by atoms with Crippen molar-refractivity contribution in [3.05, 3.63) is 38.3 Å². The van der Waals surface area contributed by atoms with Gasteiger partial charge < -0.3 is 9.72 Å². The van der Waals surface area contributed by atoms with Gasteiger partial charge in [0.05, 0.1) is 23.1 Å². The van der Waals surface area contributed by atoms with Crippen molar-refractivity contribution in [2.24, 2.45) is 4.99 Å². The smallest absolute Gasteiger partial charge is 0.305 e. The molecule has 0 aliphatic carbocycles. The van der Waals surface area contributed by atoms with Gasteiger partial charge in [0, 0.05) is 17.4 Å². The lowest BCUT2D eigenvalue weighted by atomic mass is 10.0. The van der Waals surface area contributed by atoms with Crippen LogP contribution in [0.3, 0.4) is 0 Å². The molecule has 0 bridgehead atoms. The second-order valence-corrected chi connectivity index (χ2v) is 7.06. The molecule has 1 aromatic heterocycles. The number of methoxy groups -OCH3 is 1. The van der Waals surface area contributed by atoms with Gasteiger partial charge in [0.15, 0.2) is 0 Å². The molecule has 1 N–H and O–H groups in total. The maximum Gasteiger partial charge on any atom is 0.305 e. The Bertz CT molecular complexity index is 742. The molecule has 0 aromatic carbocycles. The highest BCUT2D eigenvalue weighted by atomic mass is 79.9. The Morgan fingerprint density at radius 3 is 2.62 bits per heavy atom. The molecule has 0 saturated heterocycles. The molecule has 2 heterocycles. The number of nitrogens with zero attached hydrogens (tertiary/aromatic N) is 1. The number of aromatic amines is 1. The number of carbonyl (C=O) groups is 1. The molecular formula is C18H22Br2N2O2. The Labute approximate surface area is 159 Å². The third-order valence-corrected chi connectivity index (χ3v) is 5.58. The highest BCUT2D eigenvalue weighted by Crippen LogP contribution is 2.32. The van der Waals surface area contributed by atoms with Crippen LogP contribution >= 0.6 is 31.9 Å². The Hall–Kier alpha value is -1.14. The summed E-state index contributed by atoms with van der Waals surface area (Å²) in [6.07, 6.45) is 4.08. The fraction of sp³-hybridized carbons (Fsp3) is 0.444. The normalized spacial score (nSPS) is 16.1. The average Bonchev–Trinajstić information content (AvgIpc) is 3.02. The minimum Gasteiger partial charge on any atom is -0.469 e. The first-order valence-electron chi connectivity index (χ1n) is 7.92. The van der Waals surface area contributed by atoms with Crippen LogP contribution in [0, 0.1) is 6.92 Å². The third kappa shape index (κ3) is 3.91. The Kier molecular flexibility index (Phi) is 6.63. The monoisotopic (exact) mass is 456 g/mol. The number of alkyl halides is 1. The second-order valence-electron chi connectivity index (χ2n) is 5.71. The largest absolute Gasteiger partial charge is 0.469 e. The molecule has 1 aliphatic rings. The van der Waals surface area contributed by atoms with Gasteiger partial charge in [-0.25, -0.2) is 0 Å². The van der Waals surface area contributed by atoms with Gasteiger partial charge in [-0.3, -0.25) is 9.79 Å². The maximum absolute atomic E-state index is 11.4. The van der Waals surface area contributed by atoms with E-state index in [1.54, 1.807) is 0 Å². The van der Waals surface area contributed by atoms with Crippen molar-refractivity contribution in [2.75, 3.05) is 12.4 Å². The summed E-state index contributed by atoms with van der Waals surface area (Å²) in [7, 11) is 1.42. The van der Waals surface area contributed by atoms with Crippen LogP contribution < -0.4 is 0 Å². The van der Waals surface area contributed by atoms with Gasteiger partial charge in [-0.05, 0) is 71.0 Å². The van der Waals surface area contributed by atoms with E-state index in [1.807, 2.05) is 0 Å². The van der Waals surface area contributed by atoms with E-state index in [4.69, 9.17) is 9.73 Å². The Morgan fingerprint density at radius 2 is 2.08 bits per heavy atom. The summed E-state index contributed by atoms with van der Waals surface area (Å²) in [6.45, 7) is 6.32. The average molecular weight is 458 g/mol. The minimum absolute atomic E-state index is 0.196. The van der Waals surface area contributed by atoms with Crippen molar-refractivity contribution < 1.29 is 9.53 Å². The number of aromatic nitrogens is 1. The maximum atomic E-state index is 11.4. The van der Waals surface area contributed by atoms with E-state index in [2.05, 4.69) is 63.7 Å². The zero-order valence-electron chi connectivity index (χ0n) is 14.4. The lowest BCUT2D eigenvalue weighted by Crippen LogP contribution is -2.06. The van der Waals surface area contributed by atoms with Crippen molar-refractivity contribution in [3.8, 4) is 0 Å². The number of H-pyrrole nitrogens is 1. The predicted molar refractivity (Wildman–Crippen MR) is 106 cm³/mol. The van der Waals surface area contributed by atoms with Crippen molar-refractivity contribution in [3.63, 3.8) is 0 Å². The molecule has 1 aromatic rings. The van der Waals surface area contributed by atoms with Crippen molar-refractivity contribution in [1.29, 1.82) is 0 Å². The molecule has 0 radical (unpaired) electrons. The summed E-state index contributed by atoms with van der Waals surface area (Å²) < 4.78 is 5.77. The number of hydrogen-bond acceptors (Lipinski definition) is 3. The number of rotatable bonds is 6. The van der Waals surface area contributed by atoms with Gasteiger partial charge in [-0.1, -0.05) is 22.9 Å². The van der Waals surface area contributed by atoms with Crippen LogP contribution in [0.4, 0.5) is 0 Å². The van der Waals surface area contributed by atoms with E-state index in [9.17, 15) is 4.79 Å². The van der Waals surface area contributed by atoms with Crippen LogP contribution in [0.15, 0.2) is 26.4 Å². The van der Waals surface area contributed by atoms with E-state index >= 15 is 0 Å². The van der Waals surface area contributed by atoms with Gasteiger partial charge in [0.2, 0.25) is 0 Å². The zero-order chi connectivity index (χ0) is 17.9. The van der Waals surface area contributed by atoms with E-state index < -0.39 is 0 Å². The lowest BCUT2D eigenvalue weighted by Gasteiger charge is -2.05. The number of allylic oxidation sites excluding steroid dienone is 2. The van der Waals surface area contributed by atoms with Crippen LogP contribution in [0.1, 0.15) is 43.5 Å².